The second-order valence-corrected chi connectivity index (χ2v) is 5.53. The Balaban J connectivity index is 2.23. The van der Waals surface area contributed by atoms with Crippen LogP contribution < -0.4 is 0 Å². The van der Waals surface area contributed by atoms with Gasteiger partial charge in [-0.15, -0.1) is 11.3 Å². The fourth-order valence-electron chi connectivity index (χ4n) is 1.72. The van der Waals surface area contributed by atoms with Gasteiger partial charge in [0.2, 0.25) is 0 Å². The van der Waals surface area contributed by atoms with Crippen molar-refractivity contribution in [2.24, 2.45) is 0 Å². The number of halogens is 2. The monoisotopic (exact) mass is 310 g/mol. The van der Waals surface area contributed by atoms with Gasteiger partial charge in [0.05, 0.1) is 5.69 Å². The van der Waals surface area contributed by atoms with Crippen LogP contribution in [0.4, 0.5) is 4.39 Å². The van der Waals surface area contributed by atoms with Crippen LogP contribution in [-0.4, -0.2) is 9.38 Å². The van der Waals surface area contributed by atoms with E-state index < -0.39 is 0 Å². The number of nitrogens with zero attached hydrogens (tertiary/aromatic N) is 2. The van der Waals surface area contributed by atoms with Crippen molar-refractivity contribution < 1.29 is 4.39 Å². The zero-order valence-corrected chi connectivity index (χ0v) is 11.3. The van der Waals surface area contributed by atoms with Crippen molar-refractivity contribution in [3.63, 3.8) is 0 Å². The fraction of sp³-hybridized carbons (Fsp3) is 0.0833. The van der Waals surface area contributed by atoms with Gasteiger partial charge in [0.25, 0.3) is 0 Å². The van der Waals surface area contributed by atoms with E-state index in [1.165, 1.54) is 6.07 Å². The molecule has 0 fully saturated rings. The highest BCUT2D eigenvalue weighted by Crippen LogP contribution is 2.27. The molecule has 0 unspecified atom stereocenters. The number of thiazole rings is 1. The molecule has 3 rings (SSSR count). The number of hydrogen-bond donors (Lipinski definition) is 0. The van der Waals surface area contributed by atoms with Crippen molar-refractivity contribution in [1.82, 2.24) is 9.38 Å². The molecule has 0 spiro atoms. The van der Waals surface area contributed by atoms with Gasteiger partial charge in [-0.25, -0.2) is 9.37 Å². The third-order valence-electron chi connectivity index (χ3n) is 2.59. The summed E-state index contributed by atoms with van der Waals surface area (Å²) in [6, 6.07) is 4.87. The number of aryl methyl sites for hydroxylation is 1. The van der Waals surface area contributed by atoms with E-state index in [9.17, 15) is 4.39 Å². The van der Waals surface area contributed by atoms with E-state index in [0.29, 0.717) is 11.3 Å². The maximum atomic E-state index is 13.7. The van der Waals surface area contributed by atoms with Crippen LogP contribution in [0.1, 0.15) is 5.69 Å². The van der Waals surface area contributed by atoms with E-state index in [0.717, 1.165) is 15.1 Å². The van der Waals surface area contributed by atoms with Gasteiger partial charge in [0.1, 0.15) is 5.82 Å². The summed E-state index contributed by atoms with van der Waals surface area (Å²) in [6.45, 7) is 2.01. The molecule has 2 nitrogen and oxygen atoms in total. The Kier molecular flexibility index (Phi) is 2.52. The second kappa shape index (κ2) is 3.92. The molecule has 0 atom stereocenters. The predicted octanol–water partition coefficient (Wildman–Crippen LogP) is 4.27. The number of benzene rings is 1. The van der Waals surface area contributed by atoms with Crippen LogP contribution in [-0.2, 0) is 0 Å². The van der Waals surface area contributed by atoms with E-state index in [-0.39, 0.29) is 5.82 Å². The lowest BCUT2D eigenvalue weighted by atomic mass is 10.1. The van der Waals surface area contributed by atoms with E-state index >= 15 is 0 Å². The van der Waals surface area contributed by atoms with Crippen molar-refractivity contribution in [3.8, 4) is 11.3 Å². The van der Waals surface area contributed by atoms with Crippen LogP contribution in [0.25, 0.3) is 16.2 Å². The minimum atomic E-state index is -0.253. The zero-order chi connectivity index (χ0) is 12.0. The molecule has 0 saturated carbocycles. The zero-order valence-electron chi connectivity index (χ0n) is 8.95. The molecule has 0 saturated heterocycles. The van der Waals surface area contributed by atoms with Gasteiger partial charge in [0, 0.05) is 27.3 Å². The van der Waals surface area contributed by atoms with E-state index in [4.69, 9.17) is 0 Å². The molecule has 0 radical (unpaired) electrons. The van der Waals surface area contributed by atoms with Gasteiger partial charge in [0.15, 0.2) is 4.96 Å². The lowest BCUT2D eigenvalue weighted by molar-refractivity contribution is 0.630. The number of hydrogen-bond acceptors (Lipinski definition) is 2. The predicted molar refractivity (Wildman–Crippen MR) is 70.9 cm³/mol. The molecule has 0 amide bonds. The largest absolute Gasteiger partial charge is 0.294 e. The van der Waals surface area contributed by atoms with Crippen molar-refractivity contribution in [2.75, 3.05) is 0 Å². The van der Waals surface area contributed by atoms with Gasteiger partial charge in [-0.05, 0) is 25.1 Å². The summed E-state index contributed by atoms with van der Waals surface area (Å²) in [5, 5.41) is 2.03. The molecule has 86 valence electrons. The SMILES string of the molecule is Cc1csc2nc(-c3cc(Br)ccc3F)cn12. The van der Waals surface area contributed by atoms with Crippen LogP contribution in [0, 0.1) is 12.7 Å². The van der Waals surface area contributed by atoms with Crippen molar-refractivity contribution in [2.45, 2.75) is 6.92 Å². The van der Waals surface area contributed by atoms with Crippen molar-refractivity contribution >= 4 is 32.2 Å². The van der Waals surface area contributed by atoms with Gasteiger partial charge >= 0.3 is 0 Å². The Morgan fingerprint density at radius 2 is 2.24 bits per heavy atom. The lowest BCUT2D eigenvalue weighted by Gasteiger charge is -1.99. The van der Waals surface area contributed by atoms with E-state index in [1.54, 1.807) is 23.5 Å². The smallest absolute Gasteiger partial charge is 0.194 e. The Morgan fingerprint density at radius 1 is 1.41 bits per heavy atom. The molecule has 0 bridgehead atoms. The van der Waals surface area contributed by atoms with Crippen LogP contribution in [0.5, 0.6) is 0 Å². The Hall–Kier alpha value is -1.20. The van der Waals surface area contributed by atoms with Gasteiger partial charge in [-0.1, -0.05) is 15.9 Å². The number of fused-ring (bicyclic) bond motifs is 1. The summed E-state index contributed by atoms with van der Waals surface area (Å²) in [6.07, 6.45) is 1.87. The molecule has 0 aliphatic heterocycles. The minimum absolute atomic E-state index is 0.253. The quantitative estimate of drug-likeness (QED) is 0.656. The summed E-state index contributed by atoms with van der Waals surface area (Å²) in [4.78, 5) is 5.31. The highest BCUT2D eigenvalue weighted by Gasteiger charge is 2.11. The number of rotatable bonds is 1. The third kappa shape index (κ3) is 1.79. The molecule has 2 heterocycles. The van der Waals surface area contributed by atoms with Crippen molar-refractivity contribution in [1.29, 1.82) is 0 Å². The number of aromatic nitrogens is 2. The minimum Gasteiger partial charge on any atom is -0.294 e. The normalized spacial score (nSPS) is 11.2. The second-order valence-electron chi connectivity index (χ2n) is 3.78. The fourth-order valence-corrected chi connectivity index (χ4v) is 2.93. The molecule has 0 aliphatic carbocycles. The first-order valence-corrected chi connectivity index (χ1v) is 6.71. The number of imidazole rings is 1. The average molecular weight is 311 g/mol. The van der Waals surface area contributed by atoms with Crippen LogP contribution in [0.15, 0.2) is 34.2 Å². The van der Waals surface area contributed by atoms with Gasteiger partial charge < -0.3 is 0 Å². The topological polar surface area (TPSA) is 17.3 Å². The van der Waals surface area contributed by atoms with E-state index in [2.05, 4.69) is 20.9 Å². The highest BCUT2D eigenvalue weighted by atomic mass is 79.9. The highest BCUT2D eigenvalue weighted by molar-refractivity contribution is 9.10. The molecule has 3 aromatic rings. The molecule has 1 aromatic carbocycles. The van der Waals surface area contributed by atoms with Crippen LogP contribution in [0.3, 0.4) is 0 Å². The van der Waals surface area contributed by atoms with Gasteiger partial charge in [-0.2, -0.15) is 0 Å². The first-order chi connectivity index (χ1) is 8.15. The Morgan fingerprint density at radius 3 is 3.00 bits per heavy atom. The molecule has 5 heteroatoms. The molecule has 0 aliphatic rings. The molecular weight excluding hydrogens is 303 g/mol. The first kappa shape index (κ1) is 10.9. The summed E-state index contributed by atoms with van der Waals surface area (Å²) in [7, 11) is 0. The first-order valence-electron chi connectivity index (χ1n) is 5.04. The molecular formula is C12H8BrFN2S. The third-order valence-corrected chi connectivity index (χ3v) is 4.04. The molecule has 2 aromatic heterocycles. The molecule has 0 N–H and O–H groups in total. The van der Waals surface area contributed by atoms with Crippen molar-refractivity contribution in [3.05, 3.63) is 45.8 Å². The average Bonchev–Trinajstić information content (AvgIpc) is 2.85. The standard InChI is InChI=1S/C12H8BrFN2S/c1-7-6-17-12-15-11(5-16(7)12)9-4-8(13)2-3-10(9)14/h2-6H,1H3. The Bertz CT molecular complexity index is 702. The lowest BCUT2D eigenvalue weighted by Crippen LogP contribution is -1.84. The maximum absolute atomic E-state index is 13.7. The summed E-state index contributed by atoms with van der Waals surface area (Å²) in [5.74, 6) is -0.253. The summed E-state index contributed by atoms with van der Waals surface area (Å²) in [5.41, 5.74) is 2.30. The van der Waals surface area contributed by atoms with E-state index in [1.807, 2.05) is 22.9 Å². The van der Waals surface area contributed by atoms with Crippen LogP contribution >= 0.6 is 27.3 Å². The van der Waals surface area contributed by atoms with Gasteiger partial charge in [-0.3, -0.25) is 4.40 Å². The summed E-state index contributed by atoms with van der Waals surface area (Å²) < 4.78 is 16.5. The van der Waals surface area contributed by atoms with Crippen LogP contribution in [0.2, 0.25) is 0 Å². The molecule has 17 heavy (non-hydrogen) atoms. The summed E-state index contributed by atoms with van der Waals surface area (Å²) >= 11 is 4.90. The Labute approximate surface area is 110 Å². The maximum Gasteiger partial charge on any atom is 0.194 e.